The van der Waals surface area contributed by atoms with Gasteiger partial charge in [0.05, 0.1) is 18.8 Å². The molecule has 4 nitrogen and oxygen atoms in total. The fourth-order valence-electron chi connectivity index (χ4n) is 3.80. The summed E-state index contributed by atoms with van der Waals surface area (Å²) in [5.41, 5.74) is 9.10. The Hall–Kier alpha value is -1.88. The van der Waals surface area contributed by atoms with Gasteiger partial charge in [-0.3, -0.25) is 0 Å². The van der Waals surface area contributed by atoms with Crippen molar-refractivity contribution in [1.82, 2.24) is 0 Å². The van der Waals surface area contributed by atoms with Gasteiger partial charge in [-0.05, 0) is 49.1 Å². The minimum absolute atomic E-state index is 0.197. The summed E-state index contributed by atoms with van der Waals surface area (Å²) in [5.74, 6) is -0.120. The van der Waals surface area contributed by atoms with Crippen molar-refractivity contribution in [2.24, 2.45) is 11.7 Å². The second-order valence-corrected chi connectivity index (χ2v) is 6.84. The van der Waals surface area contributed by atoms with Gasteiger partial charge in [0.25, 0.3) is 0 Å². The number of aliphatic hydroxyl groups excluding tert-OH is 1. The molecule has 0 aromatic heterocycles. The van der Waals surface area contributed by atoms with Crippen molar-refractivity contribution in [3.8, 4) is 5.75 Å². The van der Waals surface area contributed by atoms with Crippen molar-refractivity contribution in [2.45, 2.75) is 38.0 Å². The number of benzene rings is 2. The number of phenols is 1. The summed E-state index contributed by atoms with van der Waals surface area (Å²) in [5, 5.41) is 20.1. The Bertz CT molecular complexity index is 694. The molecule has 0 aliphatic carbocycles. The van der Waals surface area contributed by atoms with E-state index in [1.165, 1.54) is 5.56 Å². The Morgan fingerprint density at radius 2 is 1.83 bits per heavy atom. The van der Waals surface area contributed by atoms with Crippen molar-refractivity contribution in [3.05, 3.63) is 65.2 Å². The molecule has 2 aromatic carbocycles. The number of hydrogen-bond acceptors (Lipinski definition) is 4. The van der Waals surface area contributed by atoms with Crippen LogP contribution in [0.5, 0.6) is 5.75 Å². The van der Waals surface area contributed by atoms with E-state index in [-0.39, 0.29) is 17.8 Å². The van der Waals surface area contributed by atoms with Crippen LogP contribution in [0.25, 0.3) is 0 Å². The second kappa shape index (κ2) is 6.55. The standard InChI is InChI=1S/C20H25NO3/c1-13(22)18(20(2,21)15-7-9-16(23)10-8-15)19-17-6-4-3-5-14(17)11-12-24-19/h3-10,13,18-19,22-23H,11-12,21H2,1-2H3/t13?,18?,19?,20-/m1/s1. The quantitative estimate of drug-likeness (QED) is 0.807. The highest BCUT2D eigenvalue weighted by Gasteiger charge is 2.43. The SMILES string of the molecule is CC(O)C(C1OCCc2ccccc21)[C@](C)(N)c1ccc(O)cc1. The molecule has 2 aromatic rings. The molecule has 1 aliphatic rings. The summed E-state index contributed by atoms with van der Waals surface area (Å²) in [6.07, 6.45) is -0.0385. The van der Waals surface area contributed by atoms with Crippen molar-refractivity contribution in [1.29, 1.82) is 0 Å². The predicted octanol–water partition coefficient (Wildman–Crippen LogP) is 2.88. The van der Waals surface area contributed by atoms with Crippen LogP contribution in [0.1, 0.15) is 36.6 Å². The molecule has 4 N–H and O–H groups in total. The number of aromatic hydroxyl groups is 1. The number of nitrogens with two attached hydrogens (primary N) is 1. The molecular formula is C20H25NO3. The van der Waals surface area contributed by atoms with E-state index in [4.69, 9.17) is 10.5 Å². The second-order valence-electron chi connectivity index (χ2n) is 6.84. The molecule has 0 bridgehead atoms. The van der Waals surface area contributed by atoms with E-state index in [1.54, 1.807) is 31.2 Å². The molecule has 0 saturated carbocycles. The van der Waals surface area contributed by atoms with Crippen molar-refractivity contribution < 1.29 is 14.9 Å². The highest BCUT2D eigenvalue weighted by molar-refractivity contribution is 5.35. The fourth-order valence-corrected chi connectivity index (χ4v) is 3.80. The summed E-state index contributed by atoms with van der Waals surface area (Å²) < 4.78 is 6.07. The Kier molecular flexibility index (Phi) is 4.63. The molecule has 128 valence electrons. The van der Waals surface area contributed by atoms with Crippen LogP contribution in [-0.4, -0.2) is 22.9 Å². The lowest BCUT2D eigenvalue weighted by atomic mass is 9.72. The number of ether oxygens (including phenoxy) is 1. The van der Waals surface area contributed by atoms with Crippen LogP contribution in [0.3, 0.4) is 0 Å². The Morgan fingerprint density at radius 3 is 2.50 bits per heavy atom. The number of hydrogen-bond donors (Lipinski definition) is 3. The zero-order valence-corrected chi connectivity index (χ0v) is 14.1. The van der Waals surface area contributed by atoms with Gasteiger partial charge < -0.3 is 20.7 Å². The van der Waals surface area contributed by atoms with E-state index >= 15 is 0 Å². The van der Waals surface area contributed by atoms with E-state index in [0.29, 0.717) is 6.61 Å². The molecule has 0 radical (unpaired) electrons. The third-order valence-corrected chi connectivity index (χ3v) is 5.06. The molecule has 3 unspecified atom stereocenters. The van der Waals surface area contributed by atoms with Crippen LogP contribution >= 0.6 is 0 Å². The molecule has 0 amide bonds. The molecule has 0 saturated heterocycles. The molecule has 4 atom stereocenters. The van der Waals surface area contributed by atoms with Gasteiger partial charge in [0.1, 0.15) is 5.75 Å². The number of fused-ring (bicyclic) bond motifs is 1. The maximum Gasteiger partial charge on any atom is 0.115 e. The lowest BCUT2D eigenvalue weighted by Gasteiger charge is -2.43. The maximum absolute atomic E-state index is 10.5. The largest absolute Gasteiger partial charge is 0.508 e. The van der Waals surface area contributed by atoms with Crippen molar-refractivity contribution in [2.75, 3.05) is 6.61 Å². The van der Waals surface area contributed by atoms with Gasteiger partial charge in [-0.25, -0.2) is 0 Å². The van der Waals surface area contributed by atoms with Gasteiger partial charge in [-0.15, -0.1) is 0 Å². The third kappa shape index (κ3) is 3.05. The van der Waals surface area contributed by atoms with Gasteiger partial charge in [0.2, 0.25) is 0 Å². The summed E-state index contributed by atoms with van der Waals surface area (Å²) in [4.78, 5) is 0. The van der Waals surface area contributed by atoms with Gasteiger partial charge in [-0.1, -0.05) is 36.4 Å². The Morgan fingerprint density at radius 1 is 1.17 bits per heavy atom. The zero-order valence-electron chi connectivity index (χ0n) is 14.1. The molecule has 0 spiro atoms. The van der Waals surface area contributed by atoms with E-state index in [9.17, 15) is 10.2 Å². The minimum atomic E-state index is -0.809. The van der Waals surface area contributed by atoms with E-state index in [2.05, 4.69) is 12.1 Å². The highest BCUT2D eigenvalue weighted by atomic mass is 16.5. The van der Waals surface area contributed by atoms with Crippen LogP contribution in [0, 0.1) is 5.92 Å². The van der Waals surface area contributed by atoms with Crippen LogP contribution < -0.4 is 5.73 Å². The first-order chi connectivity index (χ1) is 11.4. The molecule has 3 rings (SSSR count). The van der Waals surface area contributed by atoms with Gasteiger partial charge >= 0.3 is 0 Å². The maximum atomic E-state index is 10.5. The summed E-state index contributed by atoms with van der Waals surface area (Å²) in [6.45, 7) is 4.30. The van der Waals surface area contributed by atoms with Gasteiger partial charge in [-0.2, -0.15) is 0 Å². The van der Waals surface area contributed by atoms with Crippen molar-refractivity contribution in [3.63, 3.8) is 0 Å². The first kappa shape index (κ1) is 17.0. The average molecular weight is 327 g/mol. The molecule has 1 aliphatic heterocycles. The first-order valence-electron chi connectivity index (χ1n) is 8.37. The molecule has 1 heterocycles. The van der Waals surface area contributed by atoms with Crippen LogP contribution in [0.15, 0.2) is 48.5 Å². The number of rotatable bonds is 4. The zero-order chi connectivity index (χ0) is 17.3. The highest BCUT2D eigenvalue weighted by Crippen LogP contribution is 2.43. The molecule has 4 heteroatoms. The smallest absolute Gasteiger partial charge is 0.115 e. The van der Waals surface area contributed by atoms with Gasteiger partial charge in [0.15, 0.2) is 0 Å². The van der Waals surface area contributed by atoms with E-state index < -0.39 is 11.6 Å². The molecule has 24 heavy (non-hydrogen) atoms. The number of phenolic OH excluding ortho intramolecular Hbond substituents is 1. The van der Waals surface area contributed by atoms with Crippen LogP contribution in [0.4, 0.5) is 0 Å². The summed E-state index contributed by atoms with van der Waals surface area (Å²) in [7, 11) is 0. The normalized spacial score (nSPS) is 22.2. The predicted molar refractivity (Wildman–Crippen MR) is 93.7 cm³/mol. The topological polar surface area (TPSA) is 75.7 Å². The molecular weight excluding hydrogens is 302 g/mol. The molecule has 0 fully saturated rings. The monoisotopic (exact) mass is 327 g/mol. The Balaban J connectivity index is 2.03. The van der Waals surface area contributed by atoms with Crippen LogP contribution in [-0.2, 0) is 16.7 Å². The lowest BCUT2D eigenvalue weighted by molar-refractivity contribution is -0.0691. The average Bonchev–Trinajstić information content (AvgIpc) is 2.55. The summed E-state index contributed by atoms with van der Waals surface area (Å²) in [6, 6.07) is 15.0. The lowest BCUT2D eigenvalue weighted by Crippen LogP contribution is -2.50. The number of aliphatic hydroxyl groups is 1. The fraction of sp³-hybridized carbons (Fsp3) is 0.400. The third-order valence-electron chi connectivity index (χ3n) is 5.06. The Labute approximate surface area is 142 Å². The van der Waals surface area contributed by atoms with E-state index in [1.807, 2.05) is 19.1 Å². The minimum Gasteiger partial charge on any atom is -0.508 e. The summed E-state index contributed by atoms with van der Waals surface area (Å²) >= 11 is 0. The van der Waals surface area contributed by atoms with Crippen LogP contribution in [0.2, 0.25) is 0 Å². The van der Waals surface area contributed by atoms with E-state index in [0.717, 1.165) is 17.5 Å². The first-order valence-corrected chi connectivity index (χ1v) is 8.37. The van der Waals surface area contributed by atoms with Gasteiger partial charge in [0, 0.05) is 11.5 Å². The van der Waals surface area contributed by atoms with Crippen molar-refractivity contribution >= 4 is 0 Å².